The van der Waals surface area contributed by atoms with E-state index in [0.29, 0.717) is 29.4 Å². The molecule has 1 saturated heterocycles. The first-order valence-electron chi connectivity index (χ1n) is 11.8. The molecule has 1 atom stereocenters. The number of nitrogens with one attached hydrogen (secondary N) is 2. The number of carbonyl (C=O) groups is 2. The van der Waals surface area contributed by atoms with Crippen molar-refractivity contribution in [3.8, 4) is 17.4 Å². The number of H-pyrrole nitrogens is 1. The molecule has 1 aliphatic rings. The third kappa shape index (κ3) is 4.45. The van der Waals surface area contributed by atoms with Crippen LogP contribution in [0.25, 0.3) is 17.4 Å². The van der Waals surface area contributed by atoms with Gasteiger partial charge >= 0.3 is 0 Å². The predicted molar refractivity (Wildman–Crippen MR) is 134 cm³/mol. The average molecular weight is 487 g/mol. The van der Waals surface area contributed by atoms with Gasteiger partial charge in [-0.3, -0.25) is 19.4 Å². The molecule has 5 rings (SSSR count). The third-order valence-corrected chi connectivity index (χ3v) is 6.38. The summed E-state index contributed by atoms with van der Waals surface area (Å²) in [5.74, 6) is -0.00838. The maximum Gasteiger partial charge on any atom is 0.252 e. The molecule has 4 heterocycles. The minimum absolute atomic E-state index is 0.0956. The molecule has 3 aromatic heterocycles. The van der Waals surface area contributed by atoms with Crippen molar-refractivity contribution in [1.29, 1.82) is 0 Å². The molecule has 10 heteroatoms. The van der Waals surface area contributed by atoms with Crippen molar-refractivity contribution in [3.05, 3.63) is 75.9 Å². The molecule has 0 saturated carbocycles. The Hall–Kier alpha value is -4.47. The van der Waals surface area contributed by atoms with E-state index in [-0.39, 0.29) is 36.3 Å². The van der Waals surface area contributed by atoms with E-state index in [1.165, 1.54) is 17.0 Å². The molecule has 0 spiro atoms. The standard InChI is InChI=1S/C26H26N6O4/c1-4-18-12-23(33)29-26(27-18)32-22(13-20(30-32)21-6-5-9-36-21)28-25(35)17-11-24(34)31(14-17)19-8-7-15(2)16(3)10-19/h5-10,12-13,17H,4,11,14H2,1-3H3,(H,28,35)(H,27,29,33). The summed E-state index contributed by atoms with van der Waals surface area (Å²) in [7, 11) is 0. The second-order valence-corrected chi connectivity index (χ2v) is 8.88. The molecule has 0 radical (unpaired) electrons. The van der Waals surface area contributed by atoms with Gasteiger partial charge in [0.2, 0.25) is 17.8 Å². The summed E-state index contributed by atoms with van der Waals surface area (Å²) in [5, 5.41) is 7.39. The van der Waals surface area contributed by atoms with Crippen LogP contribution in [0.2, 0.25) is 0 Å². The minimum Gasteiger partial charge on any atom is -0.463 e. The summed E-state index contributed by atoms with van der Waals surface area (Å²) in [4.78, 5) is 47.0. The Morgan fingerprint density at radius 1 is 1.17 bits per heavy atom. The van der Waals surface area contributed by atoms with E-state index < -0.39 is 5.92 Å². The van der Waals surface area contributed by atoms with Crippen LogP contribution in [0.3, 0.4) is 0 Å². The number of hydrogen-bond donors (Lipinski definition) is 2. The van der Waals surface area contributed by atoms with E-state index in [0.717, 1.165) is 16.8 Å². The van der Waals surface area contributed by atoms with E-state index in [1.54, 1.807) is 23.1 Å². The number of benzene rings is 1. The number of aromatic amines is 1. The molecule has 1 unspecified atom stereocenters. The lowest BCUT2D eigenvalue weighted by atomic mass is 10.1. The van der Waals surface area contributed by atoms with E-state index in [1.807, 2.05) is 39.0 Å². The number of anilines is 2. The smallest absolute Gasteiger partial charge is 0.252 e. The average Bonchev–Trinajstić information content (AvgIpc) is 3.60. The van der Waals surface area contributed by atoms with Gasteiger partial charge in [-0.1, -0.05) is 13.0 Å². The number of aryl methyl sites for hydroxylation is 3. The first-order chi connectivity index (χ1) is 17.3. The molecule has 0 aliphatic carbocycles. The normalized spacial score (nSPS) is 15.5. The second-order valence-electron chi connectivity index (χ2n) is 8.88. The molecule has 10 nitrogen and oxygen atoms in total. The monoisotopic (exact) mass is 486 g/mol. The number of furan rings is 1. The van der Waals surface area contributed by atoms with E-state index in [2.05, 4.69) is 20.4 Å². The number of carbonyl (C=O) groups excluding carboxylic acids is 2. The Kier molecular flexibility index (Phi) is 6.01. The fraction of sp³-hybridized carbons (Fsp3) is 0.269. The molecular formula is C26H26N6O4. The lowest BCUT2D eigenvalue weighted by Crippen LogP contribution is -2.29. The number of rotatable bonds is 6. The Balaban J connectivity index is 1.44. The van der Waals surface area contributed by atoms with Crippen LogP contribution in [0.15, 0.2) is 57.9 Å². The zero-order chi connectivity index (χ0) is 25.4. The number of aromatic nitrogens is 4. The minimum atomic E-state index is -0.552. The maximum absolute atomic E-state index is 13.3. The van der Waals surface area contributed by atoms with Gasteiger partial charge in [0.05, 0.1) is 12.2 Å². The fourth-order valence-corrected chi connectivity index (χ4v) is 4.21. The number of hydrogen-bond acceptors (Lipinski definition) is 6. The van der Waals surface area contributed by atoms with Crippen molar-refractivity contribution in [2.45, 2.75) is 33.6 Å². The summed E-state index contributed by atoms with van der Waals surface area (Å²) < 4.78 is 6.83. The molecule has 1 aliphatic heterocycles. The van der Waals surface area contributed by atoms with Crippen LogP contribution in [0.1, 0.15) is 30.2 Å². The summed E-state index contributed by atoms with van der Waals surface area (Å²) in [5.41, 5.74) is 3.72. The highest BCUT2D eigenvalue weighted by Gasteiger charge is 2.36. The van der Waals surface area contributed by atoms with Gasteiger partial charge in [-0.05, 0) is 55.7 Å². The molecular weight excluding hydrogens is 460 g/mol. The van der Waals surface area contributed by atoms with Gasteiger partial charge in [0, 0.05) is 36.5 Å². The largest absolute Gasteiger partial charge is 0.463 e. The van der Waals surface area contributed by atoms with Crippen LogP contribution >= 0.6 is 0 Å². The SMILES string of the molecule is CCc1cc(=O)[nH]c(-n2nc(-c3ccco3)cc2NC(=O)C2CC(=O)N(c3ccc(C)c(C)c3)C2)n1. The van der Waals surface area contributed by atoms with E-state index >= 15 is 0 Å². The highest BCUT2D eigenvalue weighted by molar-refractivity contribution is 6.03. The number of amides is 2. The van der Waals surface area contributed by atoms with Gasteiger partial charge in [0.15, 0.2) is 5.76 Å². The molecule has 36 heavy (non-hydrogen) atoms. The number of nitrogens with zero attached hydrogens (tertiary/aromatic N) is 4. The molecule has 2 amide bonds. The van der Waals surface area contributed by atoms with Crippen LogP contribution in [-0.4, -0.2) is 38.1 Å². The molecule has 4 aromatic rings. The molecule has 0 bridgehead atoms. The van der Waals surface area contributed by atoms with Crippen molar-refractivity contribution in [3.63, 3.8) is 0 Å². The fourth-order valence-electron chi connectivity index (χ4n) is 4.21. The van der Waals surface area contributed by atoms with Crippen molar-refractivity contribution in [2.75, 3.05) is 16.8 Å². The zero-order valence-electron chi connectivity index (χ0n) is 20.2. The summed E-state index contributed by atoms with van der Waals surface area (Å²) in [6, 6.07) is 12.4. The van der Waals surface area contributed by atoms with Crippen LogP contribution in [0, 0.1) is 19.8 Å². The second kappa shape index (κ2) is 9.29. The Bertz CT molecular complexity index is 1500. The van der Waals surface area contributed by atoms with Gasteiger partial charge in [-0.25, -0.2) is 4.98 Å². The summed E-state index contributed by atoms with van der Waals surface area (Å²) >= 11 is 0. The van der Waals surface area contributed by atoms with Crippen LogP contribution in [0.5, 0.6) is 0 Å². The van der Waals surface area contributed by atoms with Crippen LogP contribution < -0.4 is 15.8 Å². The van der Waals surface area contributed by atoms with E-state index in [4.69, 9.17) is 4.42 Å². The Labute approximate surface area is 207 Å². The molecule has 184 valence electrons. The van der Waals surface area contributed by atoms with E-state index in [9.17, 15) is 14.4 Å². The third-order valence-electron chi connectivity index (χ3n) is 6.38. The lowest BCUT2D eigenvalue weighted by molar-refractivity contribution is -0.122. The summed E-state index contributed by atoms with van der Waals surface area (Å²) in [6.07, 6.45) is 2.18. The first kappa shape index (κ1) is 23.3. The maximum atomic E-state index is 13.3. The van der Waals surface area contributed by atoms with Crippen molar-refractivity contribution < 1.29 is 14.0 Å². The van der Waals surface area contributed by atoms with Gasteiger partial charge in [-0.2, -0.15) is 9.78 Å². The lowest BCUT2D eigenvalue weighted by Gasteiger charge is -2.18. The van der Waals surface area contributed by atoms with Gasteiger partial charge in [0.25, 0.3) is 5.56 Å². The quantitative estimate of drug-likeness (QED) is 0.430. The van der Waals surface area contributed by atoms with Crippen molar-refractivity contribution >= 4 is 23.3 Å². The highest BCUT2D eigenvalue weighted by Crippen LogP contribution is 2.29. The molecule has 1 aromatic carbocycles. The highest BCUT2D eigenvalue weighted by atomic mass is 16.3. The topological polar surface area (TPSA) is 126 Å². The van der Waals surface area contributed by atoms with Crippen molar-refractivity contribution in [1.82, 2.24) is 19.7 Å². The first-order valence-corrected chi connectivity index (χ1v) is 11.8. The molecule has 1 fully saturated rings. The Morgan fingerprint density at radius 3 is 2.72 bits per heavy atom. The van der Waals surface area contributed by atoms with Crippen LogP contribution in [0.4, 0.5) is 11.5 Å². The molecule has 2 N–H and O–H groups in total. The Morgan fingerprint density at radius 2 is 2.00 bits per heavy atom. The summed E-state index contributed by atoms with van der Waals surface area (Å²) in [6.45, 7) is 6.17. The van der Waals surface area contributed by atoms with Gasteiger partial charge < -0.3 is 14.6 Å². The predicted octanol–water partition coefficient (Wildman–Crippen LogP) is 3.39. The van der Waals surface area contributed by atoms with Gasteiger partial charge in [-0.15, -0.1) is 0 Å². The van der Waals surface area contributed by atoms with Gasteiger partial charge in [0.1, 0.15) is 11.5 Å². The zero-order valence-corrected chi connectivity index (χ0v) is 20.2. The van der Waals surface area contributed by atoms with Crippen LogP contribution in [-0.2, 0) is 16.0 Å². The van der Waals surface area contributed by atoms with Crippen molar-refractivity contribution in [2.24, 2.45) is 5.92 Å².